The predicted molar refractivity (Wildman–Crippen MR) is 111 cm³/mol. The monoisotopic (exact) mass is 358 g/mol. The lowest BCUT2D eigenvalue weighted by molar-refractivity contribution is 0.0929. The Morgan fingerprint density at radius 1 is 0.963 bits per heavy atom. The van der Waals surface area contributed by atoms with Gasteiger partial charge < -0.3 is 5.32 Å². The Labute approximate surface area is 160 Å². The highest BCUT2D eigenvalue weighted by Gasteiger charge is 2.19. The van der Waals surface area contributed by atoms with Crippen LogP contribution in [0.2, 0.25) is 0 Å². The Bertz CT molecular complexity index is 987. The quantitative estimate of drug-likeness (QED) is 0.664. The van der Waals surface area contributed by atoms with Gasteiger partial charge in [-0.25, -0.2) is 4.98 Å². The number of hydrogen-bond donors (Lipinski definition) is 1. The van der Waals surface area contributed by atoms with Crippen LogP contribution in [0.25, 0.3) is 22.2 Å². The Hall–Kier alpha value is -2.68. The summed E-state index contributed by atoms with van der Waals surface area (Å²) < 4.78 is 0. The van der Waals surface area contributed by atoms with Crippen molar-refractivity contribution < 1.29 is 4.79 Å². The molecular weight excluding hydrogens is 332 g/mol. The summed E-state index contributed by atoms with van der Waals surface area (Å²) >= 11 is 0. The fourth-order valence-corrected chi connectivity index (χ4v) is 3.92. The average molecular weight is 358 g/mol. The van der Waals surface area contributed by atoms with Gasteiger partial charge in [0.2, 0.25) is 0 Å². The maximum Gasteiger partial charge on any atom is 0.252 e. The first-order chi connectivity index (χ1) is 13.1. The molecule has 3 aromatic rings. The van der Waals surface area contributed by atoms with E-state index in [9.17, 15) is 4.79 Å². The number of rotatable bonds is 3. The molecule has 1 heterocycles. The number of carbonyl (C=O) groups excluding carboxylic acids is 1. The molecule has 2 aromatic carbocycles. The summed E-state index contributed by atoms with van der Waals surface area (Å²) in [6.07, 6.45) is 5.85. The van der Waals surface area contributed by atoms with E-state index in [0.29, 0.717) is 6.04 Å². The first-order valence-corrected chi connectivity index (χ1v) is 9.90. The van der Waals surface area contributed by atoms with Crippen LogP contribution in [0.3, 0.4) is 0 Å². The van der Waals surface area contributed by atoms with Gasteiger partial charge in [0.05, 0.1) is 16.8 Å². The number of carbonyl (C=O) groups is 1. The number of hydrogen-bond acceptors (Lipinski definition) is 2. The second-order valence-corrected chi connectivity index (χ2v) is 7.68. The number of aryl methyl sites for hydroxylation is 2. The van der Waals surface area contributed by atoms with Gasteiger partial charge in [0.15, 0.2) is 0 Å². The van der Waals surface area contributed by atoms with Crippen molar-refractivity contribution in [3.05, 3.63) is 65.2 Å². The van der Waals surface area contributed by atoms with Crippen LogP contribution in [-0.2, 0) is 0 Å². The lowest BCUT2D eigenvalue weighted by Crippen LogP contribution is -2.36. The molecule has 1 N–H and O–H groups in total. The number of aromatic nitrogens is 1. The van der Waals surface area contributed by atoms with Crippen LogP contribution in [-0.4, -0.2) is 16.9 Å². The van der Waals surface area contributed by atoms with E-state index in [4.69, 9.17) is 4.98 Å². The third kappa shape index (κ3) is 3.73. The molecule has 3 heteroatoms. The molecule has 1 aliphatic rings. The zero-order valence-corrected chi connectivity index (χ0v) is 16.1. The van der Waals surface area contributed by atoms with E-state index in [2.05, 4.69) is 37.4 Å². The van der Waals surface area contributed by atoms with Crippen molar-refractivity contribution in [2.75, 3.05) is 0 Å². The van der Waals surface area contributed by atoms with E-state index >= 15 is 0 Å². The minimum atomic E-state index is 0.0191. The van der Waals surface area contributed by atoms with E-state index in [-0.39, 0.29) is 5.91 Å². The van der Waals surface area contributed by atoms with Gasteiger partial charge in [0.25, 0.3) is 5.91 Å². The number of nitrogens with zero attached hydrogens (tertiary/aromatic N) is 1. The maximum absolute atomic E-state index is 13.1. The summed E-state index contributed by atoms with van der Waals surface area (Å²) in [4.78, 5) is 17.9. The molecule has 1 amide bonds. The normalized spacial score (nSPS) is 15.0. The standard InChI is InChI=1S/C24H26N2O/c1-16-12-13-18(14-17(16)2)23-15-21(20-10-6-7-11-22(20)26-23)24(27)25-19-8-4-3-5-9-19/h6-7,10-15,19H,3-5,8-9H2,1-2H3,(H,25,27). The molecule has 1 aromatic heterocycles. The van der Waals surface area contributed by atoms with Crippen LogP contribution < -0.4 is 5.32 Å². The second-order valence-electron chi connectivity index (χ2n) is 7.68. The predicted octanol–water partition coefficient (Wildman–Crippen LogP) is 5.58. The molecule has 0 aliphatic heterocycles. The Morgan fingerprint density at radius 2 is 1.74 bits per heavy atom. The molecule has 0 spiro atoms. The molecule has 3 nitrogen and oxygen atoms in total. The third-order valence-corrected chi connectivity index (χ3v) is 5.70. The van der Waals surface area contributed by atoms with Crippen LogP contribution >= 0.6 is 0 Å². The Morgan fingerprint density at radius 3 is 2.52 bits per heavy atom. The highest BCUT2D eigenvalue weighted by molar-refractivity contribution is 6.07. The first-order valence-electron chi connectivity index (χ1n) is 9.90. The smallest absolute Gasteiger partial charge is 0.252 e. The molecule has 4 rings (SSSR count). The van der Waals surface area contributed by atoms with Crippen LogP contribution in [0.4, 0.5) is 0 Å². The van der Waals surface area contributed by atoms with Crippen LogP contribution in [0, 0.1) is 13.8 Å². The number of fused-ring (bicyclic) bond motifs is 1. The van der Waals surface area contributed by atoms with E-state index in [1.54, 1.807) is 0 Å². The Balaban J connectivity index is 1.76. The van der Waals surface area contributed by atoms with Crippen molar-refractivity contribution in [2.24, 2.45) is 0 Å². The minimum absolute atomic E-state index is 0.0191. The molecule has 27 heavy (non-hydrogen) atoms. The summed E-state index contributed by atoms with van der Waals surface area (Å²) in [7, 11) is 0. The van der Waals surface area contributed by atoms with E-state index in [1.165, 1.54) is 30.4 Å². The molecule has 1 saturated carbocycles. The number of pyridine rings is 1. The zero-order chi connectivity index (χ0) is 18.8. The average Bonchev–Trinajstić information content (AvgIpc) is 2.70. The van der Waals surface area contributed by atoms with E-state index < -0.39 is 0 Å². The summed E-state index contributed by atoms with van der Waals surface area (Å²) in [5.74, 6) is 0.0191. The largest absolute Gasteiger partial charge is 0.349 e. The fraction of sp³-hybridized carbons (Fsp3) is 0.333. The van der Waals surface area contributed by atoms with Gasteiger partial charge in [0, 0.05) is 17.0 Å². The van der Waals surface area contributed by atoms with Crippen molar-refractivity contribution in [3.8, 4) is 11.3 Å². The van der Waals surface area contributed by atoms with Gasteiger partial charge in [0.1, 0.15) is 0 Å². The van der Waals surface area contributed by atoms with Gasteiger partial charge in [-0.05, 0) is 56.0 Å². The van der Waals surface area contributed by atoms with E-state index in [0.717, 1.165) is 40.6 Å². The molecule has 0 unspecified atom stereocenters. The van der Waals surface area contributed by atoms with Crippen molar-refractivity contribution in [3.63, 3.8) is 0 Å². The van der Waals surface area contributed by atoms with Crippen molar-refractivity contribution >= 4 is 16.8 Å². The minimum Gasteiger partial charge on any atom is -0.349 e. The molecule has 0 atom stereocenters. The summed E-state index contributed by atoms with van der Waals surface area (Å²) in [6, 6.07) is 16.5. The molecule has 138 valence electrons. The lowest BCUT2D eigenvalue weighted by Gasteiger charge is -2.23. The van der Waals surface area contributed by atoms with Crippen LogP contribution in [0.1, 0.15) is 53.6 Å². The SMILES string of the molecule is Cc1ccc(-c2cc(C(=O)NC3CCCCC3)c3ccccc3n2)cc1C. The van der Waals surface area contributed by atoms with E-state index in [1.807, 2.05) is 30.3 Å². The van der Waals surface area contributed by atoms with Gasteiger partial charge in [-0.15, -0.1) is 0 Å². The number of nitrogens with one attached hydrogen (secondary N) is 1. The van der Waals surface area contributed by atoms with Crippen molar-refractivity contribution in [1.29, 1.82) is 0 Å². The van der Waals surface area contributed by atoms with Crippen molar-refractivity contribution in [2.45, 2.75) is 52.0 Å². The molecule has 0 saturated heterocycles. The van der Waals surface area contributed by atoms with Gasteiger partial charge in [-0.2, -0.15) is 0 Å². The Kier molecular flexibility index (Phi) is 4.93. The summed E-state index contributed by atoms with van der Waals surface area (Å²) in [5.41, 5.74) is 5.98. The van der Waals surface area contributed by atoms with Gasteiger partial charge >= 0.3 is 0 Å². The van der Waals surface area contributed by atoms with Gasteiger partial charge in [-0.3, -0.25) is 4.79 Å². The second kappa shape index (κ2) is 7.51. The highest BCUT2D eigenvalue weighted by atomic mass is 16.1. The molecule has 1 fully saturated rings. The first kappa shape index (κ1) is 17.7. The number of benzene rings is 2. The molecule has 1 aliphatic carbocycles. The summed E-state index contributed by atoms with van der Waals surface area (Å²) in [6.45, 7) is 4.21. The van der Waals surface area contributed by atoms with Crippen molar-refractivity contribution in [1.82, 2.24) is 10.3 Å². The maximum atomic E-state index is 13.1. The molecule has 0 radical (unpaired) electrons. The zero-order valence-electron chi connectivity index (χ0n) is 16.1. The summed E-state index contributed by atoms with van der Waals surface area (Å²) in [5, 5.41) is 4.17. The van der Waals surface area contributed by atoms with Crippen LogP contribution in [0.5, 0.6) is 0 Å². The topological polar surface area (TPSA) is 42.0 Å². The fourth-order valence-electron chi connectivity index (χ4n) is 3.92. The molecular formula is C24H26N2O. The van der Waals surface area contributed by atoms with Crippen LogP contribution in [0.15, 0.2) is 48.5 Å². The molecule has 0 bridgehead atoms. The lowest BCUT2D eigenvalue weighted by atomic mass is 9.95. The number of para-hydroxylation sites is 1. The third-order valence-electron chi connectivity index (χ3n) is 5.70. The van der Waals surface area contributed by atoms with Gasteiger partial charge in [-0.1, -0.05) is 49.6 Å². The number of amides is 1. The highest BCUT2D eigenvalue weighted by Crippen LogP contribution is 2.27.